The van der Waals surface area contributed by atoms with Crippen LogP contribution in [0, 0.1) is 12.8 Å². The third-order valence-electron chi connectivity index (χ3n) is 3.97. The Morgan fingerprint density at radius 3 is 2.62 bits per heavy atom. The summed E-state index contributed by atoms with van der Waals surface area (Å²) in [7, 11) is -3.41. The van der Waals surface area contributed by atoms with Crippen molar-refractivity contribution in [3.8, 4) is 0 Å². The van der Waals surface area contributed by atoms with E-state index in [0.717, 1.165) is 42.8 Å². The molecule has 1 saturated carbocycles. The maximum Gasteiger partial charge on any atom is 0.250 e. The minimum absolute atomic E-state index is 0.350. The fourth-order valence-corrected chi connectivity index (χ4v) is 5.49. The van der Waals surface area contributed by atoms with Gasteiger partial charge in [0.25, 0.3) is 10.0 Å². The fourth-order valence-electron chi connectivity index (χ4n) is 2.46. The van der Waals surface area contributed by atoms with Crippen LogP contribution in [-0.4, -0.2) is 20.5 Å². The Balaban J connectivity index is 2.11. The lowest BCUT2D eigenvalue weighted by Gasteiger charge is -2.25. The van der Waals surface area contributed by atoms with Gasteiger partial charge in [0, 0.05) is 17.0 Å². The zero-order valence-corrected chi connectivity index (χ0v) is 15.0. The summed E-state index contributed by atoms with van der Waals surface area (Å²) in [6.45, 7) is 9.75. The quantitative estimate of drug-likeness (QED) is 0.720. The molecule has 0 bridgehead atoms. The highest BCUT2D eigenvalue weighted by molar-refractivity contribution is 7.91. The van der Waals surface area contributed by atoms with Gasteiger partial charge in [-0.15, -0.1) is 11.3 Å². The lowest BCUT2D eigenvalue weighted by Crippen LogP contribution is -2.44. The van der Waals surface area contributed by atoms with Gasteiger partial charge in [0.05, 0.1) is 0 Å². The molecule has 0 saturated heterocycles. The first-order valence-corrected chi connectivity index (χ1v) is 9.90. The van der Waals surface area contributed by atoms with E-state index in [0.29, 0.717) is 10.1 Å². The third-order valence-corrected chi connectivity index (χ3v) is 7.35. The van der Waals surface area contributed by atoms with Gasteiger partial charge in [0.1, 0.15) is 4.21 Å². The molecule has 1 heterocycles. The molecule has 0 amide bonds. The van der Waals surface area contributed by atoms with Crippen molar-refractivity contribution in [1.82, 2.24) is 10.0 Å². The van der Waals surface area contributed by atoms with Crippen LogP contribution >= 0.6 is 11.3 Å². The number of aryl methyl sites for hydroxylation is 1. The lowest BCUT2D eigenvalue weighted by molar-refractivity contribution is 0.401. The van der Waals surface area contributed by atoms with Crippen LogP contribution in [0.15, 0.2) is 10.3 Å². The molecule has 0 unspecified atom stereocenters. The first-order chi connectivity index (χ1) is 9.76. The van der Waals surface area contributed by atoms with Gasteiger partial charge in [0.2, 0.25) is 0 Å². The second-order valence-corrected chi connectivity index (χ2v) is 9.50. The molecule has 0 spiro atoms. The van der Waals surface area contributed by atoms with Crippen molar-refractivity contribution in [3.63, 3.8) is 0 Å². The Hall–Kier alpha value is -0.430. The van der Waals surface area contributed by atoms with Crippen LogP contribution in [0.1, 0.15) is 50.5 Å². The number of hydrogen-bond donors (Lipinski definition) is 2. The first kappa shape index (κ1) is 16.9. The summed E-state index contributed by atoms with van der Waals surface area (Å²) in [5, 5.41) is 3.33. The zero-order valence-electron chi connectivity index (χ0n) is 13.3. The van der Waals surface area contributed by atoms with E-state index in [1.165, 1.54) is 11.3 Å². The van der Waals surface area contributed by atoms with E-state index in [1.807, 2.05) is 20.8 Å². The number of rotatable bonds is 8. The van der Waals surface area contributed by atoms with Gasteiger partial charge in [-0.2, -0.15) is 0 Å². The predicted molar refractivity (Wildman–Crippen MR) is 88.2 cm³/mol. The molecule has 0 aromatic carbocycles. The monoisotopic (exact) mass is 330 g/mol. The molecule has 1 aromatic heterocycles. The Kier molecular flexibility index (Phi) is 5.13. The number of hydrogen-bond acceptors (Lipinski definition) is 4. The normalized spacial score (nSPS) is 16.4. The van der Waals surface area contributed by atoms with Crippen molar-refractivity contribution in [1.29, 1.82) is 0 Å². The smallest absolute Gasteiger partial charge is 0.250 e. The van der Waals surface area contributed by atoms with E-state index < -0.39 is 10.0 Å². The standard InChI is InChI=1S/C15H26N2O2S2/c1-5-8-16-10-13-11(2)9-14(20-13)21(18,19)17-15(3,4)12-6-7-12/h9,12,16-17H,5-8,10H2,1-4H3. The molecule has 1 aromatic rings. The van der Waals surface area contributed by atoms with Crippen LogP contribution in [0.2, 0.25) is 0 Å². The Labute approximate surface area is 132 Å². The average Bonchev–Trinajstić information content (AvgIpc) is 3.15. The van der Waals surface area contributed by atoms with Gasteiger partial charge >= 0.3 is 0 Å². The topological polar surface area (TPSA) is 58.2 Å². The molecule has 2 rings (SSSR count). The minimum Gasteiger partial charge on any atom is -0.312 e. The molecule has 6 heteroatoms. The summed E-state index contributed by atoms with van der Waals surface area (Å²) < 4.78 is 28.4. The van der Waals surface area contributed by atoms with Crippen LogP contribution in [-0.2, 0) is 16.6 Å². The average molecular weight is 331 g/mol. The van der Waals surface area contributed by atoms with Crippen LogP contribution in [0.3, 0.4) is 0 Å². The molecule has 21 heavy (non-hydrogen) atoms. The SMILES string of the molecule is CCCNCc1sc(S(=O)(=O)NC(C)(C)C2CC2)cc1C. The van der Waals surface area contributed by atoms with E-state index in [9.17, 15) is 8.42 Å². The number of thiophene rings is 1. The molecule has 0 atom stereocenters. The van der Waals surface area contributed by atoms with Gasteiger partial charge in [-0.25, -0.2) is 13.1 Å². The van der Waals surface area contributed by atoms with E-state index in [-0.39, 0.29) is 5.54 Å². The Morgan fingerprint density at radius 1 is 1.38 bits per heavy atom. The molecule has 120 valence electrons. The summed E-state index contributed by atoms with van der Waals surface area (Å²) in [4.78, 5) is 1.10. The highest BCUT2D eigenvalue weighted by atomic mass is 32.2. The van der Waals surface area contributed by atoms with E-state index in [4.69, 9.17) is 0 Å². The van der Waals surface area contributed by atoms with Crippen LogP contribution in [0.4, 0.5) is 0 Å². The van der Waals surface area contributed by atoms with Gasteiger partial charge in [-0.1, -0.05) is 6.92 Å². The largest absolute Gasteiger partial charge is 0.312 e. The Bertz CT molecular complexity index is 587. The van der Waals surface area contributed by atoms with Crippen LogP contribution in [0.5, 0.6) is 0 Å². The molecule has 1 aliphatic carbocycles. The highest BCUT2D eigenvalue weighted by Gasteiger charge is 2.41. The minimum atomic E-state index is -3.41. The van der Waals surface area contributed by atoms with Crippen LogP contribution < -0.4 is 10.0 Å². The van der Waals surface area contributed by atoms with Gasteiger partial charge in [-0.05, 0) is 64.1 Å². The number of nitrogens with one attached hydrogen (secondary N) is 2. The van der Waals surface area contributed by atoms with E-state index in [2.05, 4.69) is 17.0 Å². The lowest BCUT2D eigenvalue weighted by atomic mass is 10.0. The van der Waals surface area contributed by atoms with Crippen molar-refractivity contribution in [2.45, 2.75) is 63.3 Å². The van der Waals surface area contributed by atoms with E-state index in [1.54, 1.807) is 6.07 Å². The predicted octanol–water partition coefficient (Wildman–Crippen LogP) is 3.02. The molecule has 0 radical (unpaired) electrons. The second kappa shape index (κ2) is 6.36. The van der Waals surface area contributed by atoms with Crippen molar-refractivity contribution in [3.05, 3.63) is 16.5 Å². The van der Waals surface area contributed by atoms with Gasteiger partial charge < -0.3 is 5.32 Å². The molecule has 1 aliphatic rings. The molecule has 1 fully saturated rings. The Morgan fingerprint density at radius 2 is 2.05 bits per heavy atom. The maximum atomic E-state index is 12.6. The van der Waals surface area contributed by atoms with Crippen molar-refractivity contribution in [2.75, 3.05) is 6.54 Å². The molecule has 4 nitrogen and oxygen atoms in total. The number of sulfonamides is 1. The summed E-state index contributed by atoms with van der Waals surface area (Å²) >= 11 is 1.38. The maximum absolute atomic E-state index is 12.6. The highest BCUT2D eigenvalue weighted by Crippen LogP contribution is 2.40. The molecular weight excluding hydrogens is 304 g/mol. The van der Waals surface area contributed by atoms with Crippen LogP contribution in [0.25, 0.3) is 0 Å². The summed E-state index contributed by atoms with van der Waals surface area (Å²) in [5.74, 6) is 0.471. The summed E-state index contributed by atoms with van der Waals surface area (Å²) in [5.41, 5.74) is 0.699. The molecule has 2 N–H and O–H groups in total. The molecular formula is C15H26N2O2S2. The van der Waals surface area contributed by atoms with Gasteiger partial charge in [-0.3, -0.25) is 0 Å². The van der Waals surface area contributed by atoms with Crippen molar-refractivity contribution < 1.29 is 8.42 Å². The van der Waals surface area contributed by atoms with Crippen molar-refractivity contribution >= 4 is 21.4 Å². The third kappa shape index (κ3) is 4.28. The second-order valence-electron chi connectivity index (χ2n) is 6.45. The summed E-state index contributed by atoms with van der Waals surface area (Å²) in [6, 6.07) is 1.79. The zero-order chi connectivity index (χ0) is 15.7. The van der Waals surface area contributed by atoms with Crippen molar-refractivity contribution in [2.24, 2.45) is 5.92 Å². The molecule has 0 aliphatic heterocycles. The summed E-state index contributed by atoms with van der Waals surface area (Å²) in [6.07, 6.45) is 3.31. The fraction of sp³-hybridized carbons (Fsp3) is 0.733. The van der Waals surface area contributed by atoms with E-state index >= 15 is 0 Å². The first-order valence-electron chi connectivity index (χ1n) is 7.60. The van der Waals surface area contributed by atoms with Gasteiger partial charge in [0.15, 0.2) is 0 Å².